The predicted molar refractivity (Wildman–Crippen MR) is 79.2 cm³/mol. The number of carbonyl (C=O) groups excluding carboxylic acids is 1. The molecule has 1 aromatic rings. The first-order valence-corrected chi connectivity index (χ1v) is 7.56. The summed E-state index contributed by atoms with van der Waals surface area (Å²) in [7, 11) is 3.43. The highest BCUT2D eigenvalue weighted by Crippen LogP contribution is 2.21. The molecule has 0 bridgehead atoms. The second kappa shape index (κ2) is 7.45. The number of hydrogen-bond donors (Lipinski definition) is 1. The Labute approximate surface area is 125 Å². The Bertz CT molecular complexity index is 479. The molecule has 21 heavy (non-hydrogen) atoms. The number of ether oxygens (including phenoxy) is 2. The highest BCUT2D eigenvalue weighted by Gasteiger charge is 2.17. The third-order valence-corrected chi connectivity index (χ3v) is 3.95. The topological polar surface area (TPSA) is 65.4 Å². The van der Waals surface area contributed by atoms with Gasteiger partial charge in [0.15, 0.2) is 0 Å². The maximum absolute atomic E-state index is 11.9. The van der Waals surface area contributed by atoms with Gasteiger partial charge in [0.1, 0.15) is 6.61 Å². The standard InChI is InChI=1S/C15H25N3O3/c1-11-13(15(20-3)18(2)17-11)9-16-14(19)10-21-12-7-5-4-6-8-12/h12H,4-10H2,1-3H3,(H,16,19). The van der Waals surface area contributed by atoms with E-state index in [4.69, 9.17) is 9.47 Å². The summed E-state index contributed by atoms with van der Waals surface area (Å²) in [5.74, 6) is 0.590. The minimum atomic E-state index is -0.0918. The first kappa shape index (κ1) is 15.8. The number of aromatic nitrogens is 2. The lowest BCUT2D eigenvalue weighted by atomic mass is 9.98. The van der Waals surface area contributed by atoms with Gasteiger partial charge in [-0.2, -0.15) is 5.10 Å². The summed E-state index contributed by atoms with van der Waals surface area (Å²) < 4.78 is 12.6. The number of nitrogens with zero attached hydrogens (tertiary/aromatic N) is 2. The Hall–Kier alpha value is -1.56. The molecule has 1 saturated carbocycles. The molecule has 0 unspecified atom stereocenters. The van der Waals surface area contributed by atoms with E-state index in [2.05, 4.69) is 10.4 Å². The van der Waals surface area contributed by atoms with Crippen LogP contribution in [0.5, 0.6) is 5.88 Å². The Balaban J connectivity index is 1.78. The van der Waals surface area contributed by atoms with Crippen molar-refractivity contribution in [2.45, 2.75) is 51.7 Å². The summed E-state index contributed by atoms with van der Waals surface area (Å²) >= 11 is 0. The fourth-order valence-electron chi connectivity index (χ4n) is 2.80. The van der Waals surface area contributed by atoms with Gasteiger partial charge in [0, 0.05) is 7.05 Å². The second-order valence-electron chi connectivity index (χ2n) is 5.54. The quantitative estimate of drug-likeness (QED) is 0.867. The summed E-state index contributed by atoms with van der Waals surface area (Å²) in [6.07, 6.45) is 6.09. The molecule has 0 radical (unpaired) electrons. The van der Waals surface area contributed by atoms with Crippen molar-refractivity contribution in [3.63, 3.8) is 0 Å². The molecule has 0 aromatic carbocycles. The Morgan fingerprint density at radius 1 is 1.38 bits per heavy atom. The molecule has 0 saturated heterocycles. The molecular weight excluding hydrogens is 270 g/mol. The van der Waals surface area contributed by atoms with Crippen LogP contribution in [-0.4, -0.2) is 35.5 Å². The molecule has 6 nitrogen and oxygen atoms in total. The van der Waals surface area contributed by atoms with Gasteiger partial charge in [-0.05, 0) is 19.8 Å². The molecule has 1 N–H and O–H groups in total. The van der Waals surface area contributed by atoms with Gasteiger partial charge in [0.25, 0.3) is 0 Å². The van der Waals surface area contributed by atoms with E-state index in [0.29, 0.717) is 12.4 Å². The van der Waals surface area contributed by atoms with Crippen LogP contribution < -0.4 is 10.1 Å². The van der Waals surface area contributed by atoms with Crippen LogP contribution in [0.2, 0.25) is 0 Å². The van der Waals surface area contributed by atoms with E-state index in [1.54, 1.807) is 11.8 Å². The van der Waals surface area contributed by atoms with Crippen LogP contribution in [0.25, 0.3) is 0 Å². The summed E-state index contributed by atoms with van der Waals surface area (Å²) in [6, 6.07) is 0. The van der Waals surface area contributed by atoms with Crippen molar-refractivity contribution in [1.82, 2.24) is 15.1 Å². The van der Waals surface area contributed by atoms with Gasteiger partial charge < -0.3 is 14.8 Å². The lowest BCUT2D eigenvalue weighted by molar-refractivity contribution is -0.128. The number of hydrogen-bond acceptors (Lipinski definition) is 4. The van der Waals surface area contributed by atoms with Gasteiger partial charge in [0.05, 0.1) is 31.0 Å². The number of methoxy groups -OCH3 is 1. The number of aryl methyl sites for hydroxylation is 2. The number of rotatable bonds is 6. The van der Waals surface area contributed by atoms with E-state index in [0.717, 1.165) is 24.1 Å². The van der Waals surface area contributed by atoms with Gasteiger partial charge >= 0.3 is 0 Å². The molecular formula is C15H25N3O3. The molecule has 1 aliphatic rings. The molecule has 1 fully saturated rings. The van der Waals surface area contributed by atoms with Gasteiger partial charge in [-0.25, -0.2) is 4.68 Å². The smallest absolute Gasteiger partial charge is 0.246 e. The minimum Gasteiger partial charge on any atom is -0.481 e. The van der Waals surface area contributed by atoms with Crippen molar-refractivity contribution in [3.8, 4) is 5.88 Å². The molecule has 0 atom stereocenters. The van der Waals surface area contributed by atoms with Gasteiger partial charge in [-0.15, -0.1) is 0 Å². The summed E-state index contributed by atoms with van der Waals surface area (Å²) in [5, 5.41) is 7.16. The molecule has 118 valence electrons. The molecule has 0 spiro atoms. The maximum atomic E-state index is 11.9. The van der Waals surface area contributed by atoms with Crippen molar-refractivity contribution < 1.29 is 14.3 Å². The Morgan fingerprint density at radius 3 is 2.76 bits per heavy atom. The highest BCUT2D eigenvalue weighted by atomic mass is 16.5. The van der Waals surface area contributed by atoms with E-state index in [-0.39, 0.29) is 18.6 Å². The van der Waals surface area contributed by atoms with E-state index in [1.165, 1.54) is 19.3 Å². The van der Waals surface area contributed by atoms with Crippen LogP contribution >= 0.6 is 0 Å². The van der Waals surface area contributed by atoms with Crippen molar-refractivity contribution in [3.05, 3.63) is 11.3 Å². The predicted octanol–water partition coefficient (Wildman–Crippen LogP) is 1.70. The maximum Gasteiger partial charge on any atom is 0.246 e. The minimum absolute atomic E-state index is 0.0918. The van der Waals surface area contributed by atoms with Crippen LogP contribution in [0.3, 0.4) is 0 Å². The third-order valence-electron chi connectivity index (χ3n) is 3.95. The van der Waals surface area contributed by atoms with Gasteiger partial charge in [0.2, 0.25) is 11.8 Å². The second-order valence-corrected chi connectivity index (χ2v) is 5.54. The van der Waals surface area contributed by atoms with E-state index >= 15 is 0 Å². The molecule has 6 heteroatoms. The monoisotopic (exact) mass is 295 g/mol. The molecule has 1 aromatic heterocycles. The highest BCUT2D eigenvalue weighted by molar-refractivity contribution is 5.77. The normalized spacial score (nSPS) is 16.0. The van der Waals surface area contributed by atoms with E-state index in [9.17, 15) is 4.79 Å². The zero-order chi connectivity index (χ0) is 15.2. The summed E-state index contributed by atoms with van der Waals surface area (Å²) in [4.78, 5) is 11.9. The van der Waals surface area contributed by atoms with Crippen LogP contribution in [0.1, 0.15) is 43.4 Å². The van der Waals surface area contributed by atoms with E-state index < -0.39 is 0 Å². The zero-order valence-electron chi connectivity index (χ0n) is 13.1. The molecule has 0 aliphatic heterocycles. The molecule has 2 rings (SSSR count). The van der Waals surface area contributed by atoms with E-state index in [1.807, 2.05) is 14.0 Å². The first-order valence-electron chi connectivity index (χ1n) is 7.56. The fourth-order valence-corrected chi connectivity index (χ4v) is 2.80. The van der Waals surface area contributed by atoms with Crippen LogP contribution in [0.4, 0.5) is 0 Å². The summed E-state index contributed by atoms with van der Waals surface area (Å²) in [5.41, 5.74) is 1.77. The Morgan fingerprint density at radius 2 is 2.10 bits per heavy atom. The fraction of sp³-hybridized carbons (Fsp3) is 0.733. The lowest BCUT2D eigenvalue weighted by Crippen LogP contribution is -2.30. The zero-order valence-corrected chi connectivity index (χ0v) is 13.1. The van der Waals surface area contributed by atoms with Crippen LogP contribution in [0.15, 0.2) is 0 Å². The van der Waals surface area contributed by atoms with Crippen molar-refractivity contribution in [2.24, 2.45) is 7.05 Å². The van der Waals surface area contributed by atoms with Crippen LogP contribution in [0, 0.1) is 6.92 Å². The summed E-state index contributed by atoms with van der Waals surface area (Å²) in [6.45, 7) is 2.45. The number of nitrogens with one attached hydrogen (secondary N) is 1. The first-order chi connectivity index (χ1) is 10.1. The average Bonchev–Trinajstić information content (AvgIpc) is 2.77. The molecule has 1 aliphatic carbocycles. The largest absolute Gasteiger partial charge is 0.481 e. The van der Waals surface area contributed by atoms with Gasteiger partial charge in [-0.1, -0.05) is 19.3 Å². The molecule has 1 heterocycles. The number of amides is 1. The Kier molecular flexibility index (Phi) is 5.61. The third kappa shape index (κ3) is 4.20. The van der Waals surface area contributed by atoms with Crippen molar-refractivity contribution in [1.29, 1.82) is 0 Å². The number of carbonyl (C=O) groups is 1. The lowest BCUT2D eigenvalue weighted by Gasteiger charge is -2.21. The SMILES string of the molecule is COc1c(CNC(=O)COC2CCCCC2)c(C)nn1C. The van der Waals surface area contributed by atoms with Crippen molar-refractivity contribution in [2.75, 3.05) is 13.7 Å². The average molecular weight is 295 g/mol. The van der Waals surface area contributed by atoms with Gasteiger partial charge in [-0.3, -0.25) is 4.79 Å². The van der Waals surface area contributed by atoms with Crippen LogP contribution in [-0.2, 0) is 23.1 Å². The molecule has 1 amide bonds. The van der Waals surface area contributed by atoms with Crippen molar-refractivity contribution >= 4 is 5.91 Å².